The van der Waals surface area contributed by atoms with E-state index in [0.717, 1.165) is 0 Å². The van der Waals surface area contributed by atoms with E-state index in [1.807, 2.05) is 0 Å². The number of rotatable bonds is 5. The zero-order valence-corrected chi connectivity index (χ0v) is 12.3. The molecule has 1 atom stereocenters. The SMILES string of the molecule is CCOC(=O)/C(Cl)=C/[C@@H](C)CC(=O)OC(C)(C)C. The summed E-state index contributed by atoms with van der Waals surface area (Å²) in [6.45, 7) is 9.16. The maximum absolute atomic E-state index is 11.5. The van der Waals surface area contributed by atoms with Crippen molar-refractivity contribution in [1.29, 1.82) is 0 Å². The van der Waals surface area contributed by atoms with Crippen LogP contribution in [0.25, 0.3) is 0 Å². The zero-order chi connectivity index (χ0) is 14.3. The molecule has 0 aliphatic carbocycles. The Morgan fingerprint density at radius 3 is 2.33 bits per heavy atom. The molecule has 0 saturated carbocycles. The van der Waals surface area contributed by atoms with E-state index in [1.54, 1.807) is 34.6 Å². The summed E-state index contributed by atoms with van der Waals surface area (Å²) in [6.07, 6.45) is 1.68. The maximum Gasteiger partial charge on any atom is 0.349 e. The molecule has 0 fully saturated rings. The van der Waals surface area contributed by atoms with Crippen molar-refractivity contribution < 1.29 is 19.1 Å². The summed E-state index contributed by atoms with van der Waals surface area (Å²) in [7, 11) is 0. The largest absolute Gasteiger partial charge is 0.462 e. The average molecular weight is 277 g/mol. The standard InChI is InChI=1S/C13H21ClO4/c1-6-17-12(16)10(14)7-9(2)8-11(15)18-13(3,4)5/h7,9H,6,8H2,1-5H3/b10-7-/t9-/m1/s1. The van der Waals surface area contributed by atoms with E-state index < -0.39 is 11.6 Å². The minimum atomic E-state index is -0.574. The Hall–Kier alpha value is -1.03. The Labute approximate surface area is 113 Å². The van der Waals surface area contributed by atoms with Crippen LogP contribution in [0.3, 0.4) is 0 Å². The summed E-state index contributed by atoms with van der Waals surface area (Å²) in [5, 5.41) is -0.00657. The molecule has 0 amide bonds. The molecule has 0 aliphatic rings. The summed E-state index contributed by atoms with van der Waals surface area (Å²) >= 11 is 5.76. The molecule has 0 radical (unpaired) electrons. The second-order valence-corrected chi connectivity index (χ2v) is 5.41. The molecule has 0 aromatic heterocycles. The molecule has 0 bridgehead atoms. The monoisotopic (exact) mass is 276 g/mol. The normalized spacial score (nSPS) is 14.0. The van der Waals surface area contributed by atoms with Gasteiger partial charge in [-0.05, 0) is 33.6 Å². The first-order valence-electron chi connectivity index (χ1n) is 5.92. The van der Waals surface area contributed by atoms with E-state index >= 15 is 0 Å². The fraction of sp³-hybridized carbons (Fsp3) is 0.692. The fourth-order valence-electron chi connectivity index (χ4n) is 1.22. The van der Waals surface area contributed by atoms with Crippen molar-refractivity contribution in [3.05, 3.63) is 11.1 Å². The number of carbonyl (C=O) groups is 2. The number of hydrogen-bond donors (Lipinski definition) is 0. The van der Waals surface area contributed by atoms with E-state index in [1.165, 1.54) is 6.08 Å². The van der Waals surface area contributed by atoms with E-state index in [2.05, 4.69) is 0 Å². The Morgan fingerprint density at radius 1 is 1.33 bits per heavy atom. The van der Waals surface area contributed by atoms with Gasteiger partial charge in [-0.1, -0.05) is 24.6 Å². The van der Waals surface area contributed by atoms with Gasteiger partial charge in [0, 0.05) is 0 Å². The van der Waals surface area contributed by atoms with Crippen molar-refractivity contribution in [1.82, 2.24) is 0 Å². The highest BCUT2D eigenvalue weighted by Gasteiger charge is 2.18. The summed E-state index contributed by atoms with van der Waals surface area (Å²) in [5.41, 5.74) is -0.508. The molecule has 0 heterocycles. The number of hydrogen-bond acceptors (Lipinski definition) is 4. The lowest BCUT2D eigenvalue weighted by Gasteiger charge is -2.20. The van der Waals surface area contributed by atoms with Crippen molar-refractivity contribution in [2.45, 2.75) is 46.6 Å². The molecule has 4 nitrogen and oxygen atoms in total. The van der Waals surface area contributed by atoms with Gasteiger partial charge in [0.1, 0.15) is 10.6 Å². The quantitative estimate of drug-likeness (QED) is 0.572. The Bertz CT molecular complexity index is 328. The third-order valence-corrected chi connectivity index (χ3v) is 2.09. The highest BCUT2D eigenvalue weighted by atomic mass is 35.5. The summed E-state index contributed by atoms with van der Waals surface area (Å²) in [4.78, 5) is 22.8. The number of ether oxygens (including phenoxy) is 2. The van der Waals surface area contributed by atoms with Crippen LogP contribution in [-0.2, 0) is 19.1 Å². The molecule has 0 aromatic carbocycles. The predicted molar refractivity (Wildman–Crippen MR) is 70.2 cm³/mol. The first kappa shape index (κ1) is 17.0. The van der Waals surface area contributed by atoms with E-state index in [0.29, 0.717) is 0 Å². The topological polar surface area (TPSA) is 52.6 Å². The van der Waals surface area contributed by atoms with Gasteiger partial charge in [-0.25, -0.2) is 4.79 Å². The van der Waals surface area contributed by atoms with Crippen LogP contribution in [0.4, 0.5) is 0 Å². The first-order chi connectivity index (χ1) is 8.15. The lowest BCUT2D eigenvalue weighted by atomic mass is 10.1. The number of carbonyl (C=O) groups excluding carboxylic acids is 2. The van der Waals surface area contributed by atoms with Crippen LogP contribution in [0, 0.1) is 5.92 Å². The molecule has 0 saturated heterocycles. The molecular weight excluding hydrogens is 256 g/mol. The Morgan fingerprint density at radius 2 is 1.89 bits per heavy atom. The van der Waals surface area contributed by atoms with Gasteiger partial charge in [-0.3, -0.25) is 4.79 Å². The van der Waals surface area contributed by atoms with Crippen LogP contribution in [0.1, 0.15) is 41.0 Å². The van der Waals surface area contributed by atoms with Gasteiger partial charge < -0.3 is 9.47 Å². The van der Waals surface area contributed by atoms with Crippen LogP contribution in [0.2, 0.25) is 0 Å². The Balaban J connectivity index is 4.33. The van der Waals surface area contributed by atoms with Gasteiger partial charge in [-0.2, -0.15) is 0 Å². The molecule has 18 heavy (non-hydrogen) atoms. The minimum Gasteiger partial charge on any atom is -0.462 e. The molecule has 0 N–H and O–H groups in total. The highest BCUT2D eigenvalue weighted by molar-refractivity contribution is 6.41. The smallest absolute Gasteiger partial charge is 0.349 e. The van der Waals surface area contributed by atoms with Crippen LogP contribution >= 0.6 is 11.6 Å². The second kappa shape index (κ2) is 7.41. The van der Waals surface area contributed by atoms with Crippen molar-refractivity contribution in [2.75, 3.05) is 6.61 Å². The lowest BCUT2D eigenvalue weighted by Crippen LogP contribution is -2.24. The van der Waals surface area contributed by atoms with Crippen LogP contribution in [0.15, 0.2) is 11.1 Å². The third-order valence-electron chi connectivity index (χ3n) is 1.81. The molecule has 0 aromatic rings. The summed E-state index contributed by atoms with van der Waals surface area (Å²) in [5.74, 6) is -1.08. The molecular formula is C13H21ClO4. The second-order valence-electron chi connectivity index (χ2n) is 5.00. The number of allylic oxidation sites excluding steroid dienone is 1. The van der Waals surface area contributed by atoms with Crippen LogP contribution < -0.4 is 0 Å². The third kappa shape index (κ3) is 8.12. The zero-order valence-electron chi connectivity index (χ0n) is 11.6. The number of halogens is 1. The van der Waals surface area contributed by atoms with Crippen molar-refractivity contribution in [3.8, 4) is 0 Å². The highest BCUT2D eigenvalue weighted by Crippen LogP contribution is 2.15. The van der Waals surface area contributed by atoms with Gasteiger partial charge in [0.25, 0.3) is 0 Å². The number of esters is 2. The summed E-state index contributed by atoms with van der Waals surface area (Å²) < 4.78 is 9.91. The van der Waals surface area contributed by atoms with Crippen molar-refractivity contribution in [2.24, 2.45) is 5.92 Å². The average Bonchev–Trinajstić information content (AvgIpc) is 2.13. The van der Waals surface area contributed by atoms with Crippen LogP contribution in [-0.4, -0.2) is 24.1 Å². The molecule has 0 unspecified atom stereocenters. The fourth-order valence-corrected chi connectivity index (χ4v) is 1.49. The minimum absolute atomic E-state index is 0.00657. The van der Waals surface area contributed by atoms with Gasteiger partial charge in [-0.15, -0.1) is 0 Å². The Kier molecular flexibility index (Phi) is 6.99. The van der Waals surface area contributed by atoms with E-state index in [9.17, 15) is 9.59 Å². The molecule has 0 aliphatic heterocycles. The van der Waals surface area contributed by atoms with Crippen molar-refractivity contribution >= 4 is 23.5 Å². The first-order valence-corrected chi connectivity index (χ1v) is 6.29. The summed E-state index contributed by atoms with van der Waals surface area (Å²) in [6, 6.07) is 0. The lowest BCUT2D eigenvalue weighted by molar-refractivity contribution is -0.155. The predicted octanol–water partition coefficient (Wildman–Crippen LogP) is 3.04. The molecule has 0 rings (SSSR count). The molecule has 104 valence electrons. The maximum atomic E-state index is 11.5. The molecule has 0 spiro atoms. The van der Waals surface area contributed by atoms with E-state index in [4.69, 9.17) is 21.1 Å². The van der Waals surface area contributed by atoms with Crippen LogP contribution in [0.5, 0.6) is 0 Å². The van der Waals surface area contributed by atoms with Gasteiger partial charge in [0.2, 0.25) is 0 Å². The van der Waals surface area contributed by atoms with E-state index in [-0.39, 0.29) is 29.9 Å². The van der Waals surface area contributed by atoms with Crippen molar-refractivity contribution in [3.63, 3.8) is 0 Å². The molecule has 5 heteroatoms. The van der Waals surface area contributed by atoms with Gasteiger partial charge in [0.05, 0.1) is 13.0 Å². The van der Waals surface area contributed by atoms with Gasteiger partial charge >= 0.3 is 11.9 Å². The van der Waals surface area contributed by atoms with Gasteiger partial charge in [0.15, 0.2) is 0 Å².